The van der Waals surface area contributed by atoms with Gasteiger partial charge in [-0.1, -0.05) is 0 Å². The summed E-state index contributed by atoms with van der Waals surface area (Å²) in [6.45, 7) is 3.92. The predicted molar refractivity (Wildman–Crippen MR) is 88.0 cm³/mol. The summed E-state index contributed by atoms with van der Waals surface area (Å²) < 4.78 is 12.9. The monoisotopic (exact) mass is 413 g/mol. The Morgan fingerprint density at radius 2 is 2.00 bits per heavy atom. The number of nitrogens with zero attached hydrogens (tertiary/aromatic N) is 2. The van der Waals surface area contributed by atoms with Gasteiger partial charge in [-0.25, -0.2) is 9.97 Å². The van der Waals surface area contributed by atoms with Gasteiger partial charge in [0.05, 0.1) is 8.95 Å². The third kappa shape index (κ3) is 2.98. The molecule has 2 aromatic rings. The lowest BCUT2D eigenvalue weighted by molar-refractivity contribution is 0.170. The first-order valence-electron chi connectivity index (χ1n) is 6.55. The molecule has 7 heteroatoms. The zero-order valence-corrected chi connectivity index (χ0v) is 14.5. The van der Waals surface area contributed by atoms with Crippen LogP contribution >= 0.6 is 31.9 Å². The van der Waals surface area contributed by atoms with Crippen LogP contribution in [0.1, 0.15) is 6.92 Å². The number of fused-ring (bicyclic) bond motifs is 1. The normalized spacial score (nSPS) is 13.1. The molecule has 5 nitrogen and oxygen atoms in total. The molecule has 0 radical (unpaired) electrons. The van der Waals surface area contributed by atoms with Crippen LogP contribution in [0, 0.1) is 0 Å². The van der Waals surface area contributed by atoms with E-state index in [0.29, 0.717) is 24.8 Å². The summed E-state index contributed by atoms with van der Waals surface area (Å²) in [4.78, 5) is 8.90. The molecular formula is C14H13Br2N3O2. The average molecular weight is 415 g/mol. The average Bonchev–Trinajstić information content (AvgIpc) is 2.50. The Labute approximate surface area is 139 Å². The third-order valence-electron chi connectivity index (χ3n) is 2.94. The minimum Gasteiger partial charge on any atom is -0.486 e. The number of aromatic nitrogens is 2. The molecule has 0 fully saturated rings. The fourth-order valence-corrected chi connectivity index (χ4v) is 2.93. The molecule has 0 bridgehead atoms. The highest BCUT2D eigenvalue weighted by Crippen LogP contribution is 2.40. The molecule has 110 valence electrons. The first-order valence-corrected chi connectivity index (χ1v) is 8.13. The molecule has 0 saturated heterocycles. The van der Waals surface area contributed by atoms with Crippen molar-refractivity contribution in [2.75, 3.05) is 25.1 Å². The van der Waals surface area contributed by atoms with E-state index in [-0.39, 0.29) is 0 Å². The van der Waals surface area contributed by atoms with Gasteiger partial charge in [0, 0.05) is 18.3 Å². The molecule has 1 aromatic heterocycles. The van der Waals surface area contributed by atoms with Crippen molar-refractivity contribution in [3.8, 4) is 22.9 Å². The summed E-state index contributed by atoms with van der Waals surface area (Å²) in [6, 6.07) is 3.84. The van der Waals surface area contributed by atoms with Gasteiger partial charge >= 0.3 is 0 Å². The van der Waals surface area contributed by atoms with Crippen molar-refractivity contribution in [1.82, 2.24) is 9.97 Å². The molecule has 1 aliphatic rings. The van der Waals surface area contributed by atoms with E-state index in [1.807, 2.05) is 19.1 Å². The molecule has 0 amide bonds. The zero-order valence-electron chi connectivity index (χ0n) is 11.3. The van der Waals surface area contributed by atoms with Crippen LogP contribution in [0.2, 0.25) is 0 Å². The van der Waals surface area contributed by atoms with Gasteiger partial charge in [-0.05, 0) is 50.9 Å². The molecule has 0 aliphatic carbocycles. The van der Waals surface area contributed by atoms with Crippen molar-refractivity contribution in [3.05, 3.63) is 27.3 Å². The maximum absolute atomic E-state index is 5.63. The highest BCUT2D eigenvalue weighted by molar-refractivity contribution is 9.11. The van der Waals surface area contributed by atoms with Crippen LogP contribution in [0.15, 0.2) is 27.3 Å². The number of rotatable bonds is 3. The second-order valence-electron chi connectivity index (χ2n) is 4.40. The molecule has 0 saturated carbocycles. The van der Waals surface area contributed by atoms with Crippen LogP contribution in [-0.2, 0) is 0 Å². The quantitative estimate of drug-likeness (QED) is 0.825. The first kappa shape index (κ1) is 14.6. The number of halogens is 2. The molecule has 21 heavy (non-hydrogen) atoms. The Kier molecular flexibility index (Phi) is 4.30. The lowest BCUT2D eigenvalue weighted by Gasteiger charge is -2.20. The lowest BCUT2D eigenvalue weighted by Crippen LogP contribution is -2.15. The second kappa shape index (κ2) is 6.19. The van der Waals surface area contributed by atoms with Gasteiger partial charge < -0.3 is 14.8 Å². The van der Waals surface area contributed by atoms with E-state index in [1.54, 1.807) is 6.20 Å². The van der Waals surface area contributed by atoms with Crippen molar-refractivity contribution in [3.63, 3.8) is 0 Å². The highest BCUT2D eigenvalue weighted by atomic mass is 79.9. The van der Waals surface area contributed by atoms with Crippen molar-refractivity contribution in [2.24, 2.45) is 0 Å². The van der Waals surface area contributed by atoms with Gasteiger partial charge in [-0.2, -0.15) is 0 Å². The molecular weight excluding hydrogens is 402 g/mol. The SMILES string of the molecule is CCNc1nc(-c2cc(Br)c3c(c2)OCCO3)ncc1Br. The standard InChI is InChI=1S/C14H13Br2N3O2/c1-2-17-14-10(16)7-18-13(19-14)8-5-9(15)12-11(6-8)20-3-4-21-12/h5-7H,2-4H2,1H3,(H,17,18,19). The number of benzene rings is 1. The Morgan fingerprint density at radius 3 is 2.81 bits per heavy atom. The predicted octanol–water partition coefficient (Wildman–Crippen LogP) is 3.87. The van der Waals surface area contributed by atoms with E-state index >= 15 is 0 Å². The van der Waals surface area contributed by atoms with E-state index in [4.69, 9.17) is 9.47 Å². The van der Waals surface area contributed by atoms with E-state index in [0.717, 1.165) is 32.6 Å². The third-order valence-corrected chi connectivity index (χ3v) is 4.11. The van der Waals surface area contributed by atoms with Crippen LogP contribution in [0.25, 0.3) is 11.4 Å². The van der Waals surface area contributed by atoms with E-state index in [1.165, 1.54) is 0 Å². The molecule has 0 atom stereocenters. The van der Waals surface area contributed by atoms with Crippen LogP contribution in [0.5, 0.6) is 11.5 Å². The maximum Gasteiger partial charge on any atom is 0.175 e. The molecule has 1 N–H and O–H groups in total. The number of nitrogens with one attached hydrogen (secondary N) is 1. The summed E-state index contributed by atoms with van der Waals surface area (Å²) >= 11 is 6.95. The fraction of sp³-hybridized carbons (Fsp3) is 0.286. The van der Waals surface area contributed by atoms with Crippen molar-refractivity contribution in [1.29, 1.82) is 0 Å². The summed E-state index contributed by atoms with van der Waals surface area (Å²) in [5, 5.41) is 3.20. The topological polar surface area (TPSA) is 56.3 Å². The largest absolute Gasteiger partial charge is 0.486 e. The highest BCUT2D eigenvalue weighted by Gasteiger charge is 2.18. The summed E-state index contributed by atoms with van der Waals surface area (Å²) in [6.07, 6.45) is 1.74. The minimum absolute atomic E-state index is 0.548. The fourth-order valence-electron chi connectivity index (χ4n) is 2.04. The van der Waals surface area contributed by atoms with Gasteiger partial charge in [0.25, 0.3) is 0 Å². The van der Waals surface area contributed by atoms with E-state index in [9.17, 15) is 0 Å². The van der Waals surface area contributed by atoms with Crippen molar-refractivity contribution >= 4 is 37.7 Å². The number of anilines is 1. The van der Waals surface area contributed by atoms with Crippen LogP contribution in [0.3, 0.4) is 0 Å². The molecule has 0 unspecified atom stereocenters. The number of hydrogen-bond acceptors (Lipinski definition) is 5. The van der Waals surface area contributed by atoms with Gasteiger partial charge in [-0.3, -0.25) is 0 Å². The number of hydrogen-bond donors (Lipinski definition) is 1. The minimum atomic E-state index is 0.548. The maximum atomic E-state index is 5.63. The Morgan fingerprint density at radius 1 is 1.19 bits per heavy atom. The van der Waals surface area contributed by atoms with Gasteiger partial charge in [-0.15, -0.1) is 0 Å². The second-order valence-corrected chi connectivity index (χ2v) is 6.11. The molecule has 2 heterocycles. The van der Waals surface area contributed by atoms with Crippen LogP contribution in [-0.4, -0.2) is 29.7 Å². The zero-order chi connectivity index (χ0) is 14.8. The van der Waals surface area contributed by atoms with Crippen molar-refractivity contribution < 1.29 is 9.47 Å². The summed E-state index contributed by atoms with van der Waals surface area (Å²) in [5.41, 5.74) is 0.873. The van der Waals surface area contributed by atoms with E-state index < -0.39 is 0 Å². The smallest absolute Gasteiger partial charge is 0.175 e. The van der Waals surface area contributed by atoms with Crippen molar-refractivity contribution in [2.45, 2.75) is 6.92 Å². The first-order chi connectivity index (χ1) is 10.2. The van der Waals surface area contributed by atoms with Crippen LogP contribution in [0.4, 0.5) is 5.82 Å². The Hall–Kier alpha value is -1.34. The molecule has 3 rings (SSSR count). The van der Waals surface area contributed by atoms with Gasteiger partial charge in [0.15, 0.2) is 17.3 Å². The molecule has 1 aliphatic heterocycles. The van der Waals surface area contributed by atoms with E-state index in [2.05, 4.69) is 47.1 Å². The molecule has 1 aromatic carbocycles. The molecule has 0 spiro atoms. The Bertz CT molecular complexity index is 680. The summed E-state index contributed by atoms with van der Waals surface area (Å²) in [7, 11) is 0. The Balaban J connectivity index is 2.04. The summed E-state index contributed by atoms with van der Waals surface area (Å²) in [5.74, 6) is 2.84. The van der Waals surface area contributed by atoms with Crippen LogP contribution < -0.4 is 14.8 Å². The van der Waals surface area contributed by atoms with Gasteiger partial charge in [0.1, 0.15) is 19.0 Å². The lowest BCUT2D eigenvalue weighted by atomic mass is 10.2. The van der Waals surface area contributed by atoms with Gasteiger partial charge in [0.2, 0.25) is 0 Å². The number of ether oxygens (including phenoxy) is 2.